The number of rotatable bonds is 3. The van der Waals surface area contributed by atoms with E-state index in [9.17, 15) is 9.59 Å². The molecule has 4 rings (SSSR count). The Hall–Kier alpha value is -2.44. The quantitative estimate of drug-likeness (QED) is 0.733. The summed E-state index contributed by atoms with van der Waals surface area (Å²) in [6.07, 6.45) is 0.180. The second kappa shape index (κ2) is 6.70. The first-order valence-corrected chi connectivity index (χ1v) is 9.43. The molecule has 0 saturated carbocycles. The van der Waals surface area contributed by atoms with Crippen LogP contribution >= 0.6 is 22.9 Å². The molecule has 2 heterocycles. The number of nitrogens with one attached hydrogen (secondary N) is 1. The van der Waals surface area contributed by atoms with Gasteiger partial charge in [0.2, 0.25) is 11.8 Å². The van der Waals surface area contributed by atoms with Crippen LogP contribution in [0.25, 0.3) is 10.2 Å². The van der Waals surface area contributed by atoms with E-state index in [0.717, 1.165) is 20.9 Å². The van der Waals surface area contributed by atoms with Crippen LogP contribution in [0.4, 0.5) is 11.4 Å². The second-order valence-corrected chi connectivity index (χ2v) is 7.90. The van der Waals surface area contributed by atoms with Gasteiger partial charge in [-0.05, 0) is 37.3 Å². The average Bonchev–Trinajstić information content (AvgIpc) is 3.17. The lowest BCUT2D eigenvalue weighted by Crippen LogP contribution is -2.28. The molecule has 0 aliphatic carbocycles. The summed E-state index contributed by atoms with van der Waals surface area (Å²) in [5.41, 5.74) is 2.29. The molecule has 7 heteroatoms. The summed E-state index contributed by atoms with van der Waals surface area (Å²) in [6.45, 7) is 2.28. The van der Waals surface area contributed by atoms with Crippen molar-refractivity contribution in [3.63, 3.8) is 0 Å². The Bertz CT molecular complexity index is 1020. The molecule has 1 aromatic heterocycles. The number of hydrogen-bond acceptors (Lipinski definition) is 4. The van der Waals surface area contributed by atoms with Gasteiger partial charge in [0.05, 0.1) is 31.9 Å². The van der Waals surface area contributed by atoms with E-state index >= 15 is 0 Å². The number of carbonyl (C=O) groups is 2. The summed E-state index contributed by atoms with van der Waals surface area (Å²) in [5, 5.41) is 4.41. The topological polar surface area (TPSA) is 62.3 Å². The maximum atomic E-state index is 12.6. The fourth-order valence-corrected chi connectivity index (χ4v) is 4.25. The number of para-hydroxylation sites is 1. The summed E-state index contributed by atoms with van der Waals surface area (Å²) >= 11 is 7.77. The fraction of sp³-hybridized carbons (Fsp3) is 0.211. The van der Waals surface area contributed by atoms with Crippen LogP contribution in [0.2, 0.25) is 5.02 Å². The molecule has 0 spiro atoms. The van der Waals surface area contributed by atoms with Gasteiger partial charge >= 0.3 is 0 Å². The van der Waals surface area contributed by atoms with Crippen LogP contribution in [0.5, 0.6) is 0 Å². The molecule has 0 radical (unpaired) electrons. The maximum Gasteiger partial charge on any atom is 0.229 e. The third-order valence-corrected chi connectivity index (χ3v) is 5.66. The van der Waals surface area contributed by atoms with Crippen molar-refractivity contribution in [1.29, 1.82) is 0 Å². The van der Waals surface area contributed by atoms with E-state index in [1.165, 1.54) is 0 Å². The van der Waals surface area contributed by atoms with Crippen molar-refractivity contribution in [2.45, 2.75) is 13.3 Å². The van der Waals surface area contributed by atoms with Crippen molar-refractivity contribution in [2.24, 2.45) is 5.92 Å². The molecule has 26 heavy (non-hydrogen) atoms. The smallest absolute Gasteiger partial charge is 0.229 e. The van der Waals surface area contributed by atoms with Gasteiger partial charge in [-0.2, -0.15) is 0 Å². The van der Waals surface area contributed by atoms with E-state index in [2.05, 4.69) is 10.3 Å². The largest absolute Gasteiger partial charge is 0.326 e. The predicted molar refractivity (Wildman–Crippen MR) is 105 cm³/mol. The van der Waals surface area contributed by atoms with Crippen LogP contribution in [0, 0.1) is 12.8 Å². The molecule has 2 aromatic carbocycles. The molecule has 1 fully saturated rings. The molecule has 1 atom stereocenters. The molecular formula is C19H16ClN3O2S. The third-order valence-electron chi connectivity index (χ3n) is 4.40. The number of thiazole rings is 1. The summed E-state index contributed by atoms with van der Waals surface area (Å²) in [7, 11) is 0. The third kappa shape index (κ3) is 3.18. The van der Waals surface area contributed by atoms with Gasteiger partial charge in [0.15, 0.2) is 0 Å². The molecule has 5 nitrogen and oxygen atoms in total. The minimum Gasteiger partial charge on any atom is -0.326 e. The van der Waals surface area contributed by atoms with Gasteiger partial charge in [-0.1, -0.05) is 23.7 Å². The van der Waals surface area contributed by atoms with E-state index in [-0.39, 0.29) is 18.2 Å². The first-order valence-electron chi connectivity index (χ1n) is 8.24. The molecule has 1 aliphatic rings. The van der Waals surface area contributed by atoms with Gasteiger partial charge in [0, 0.05) is 18.7 Å². The van der Waals surface area contributed by atoms with Crippen LogP contribution in [0.15, 0.2) is 42.5 Å². The Morgan fingerprint density at radius 2 is 2.12 bits per heavy atom. The van der Waals surface area contributed by atoms with Crippen LogP contribution in [-0.4, -0.2) is 23.3 Å². The number of aryl methyl sites for hydroxylation is 1. The zero-order chi connectivity index (χ0) is 18.3. The van der Waals surface area contributed by atoms with Crippen molar-refractivity contribution in [2.75, 3.05) is 16.8 Å². The number of nitrogens with zero attached hydrogens (tertiary/aromatic N) is 2. The zero-order valence-electron chi connectivity index (χ0n) is 14.0. The van der Waals surface area contributed by atoms with E-state index < -0.39 is 5.92 Å². The summed E-state index contributed by atoms with van der Waals surface area (Å²) in [5.74, 6) is -0.655. The van der Waals surface area contributed by atoms with E-state index in [0.29, 0.717) is 17.3 Å². The van der Waals surface area contributed by atoms with Crippen LogP contribution in [0.3, 0.4) is 0 Å². The molecule has 3 aromatic rings. The molecule has 132 valence electrons. The van der Waals surface area contributed by atoms with E-state index in [1.54, 1.807) is 28.4 Å². The second-order valence-electron chi connectivity index (χ2n) is 6.26. The number of carbonyl (C=O) groups excluding carboxylic acids is 2. The van der Waals surface area contributed by atoms with Crippen molar-refractivity contribution in [1.82, 2.24) is 4.98 Å². The molecule has 1 unspecified atom stereocenters. The number of benzene rings is 2. The number of aromatic nitrogens is 1. The SMILES string of the molecule is Cc1nc2ccc(NC(=O)C3CC(=O)N(c4ccccc4Cl)C3)cc2s1. The highest BCUT2D eigenvalue weighted by Crippen LogP contribution is 2.32. The van der Waals surface area contributed by atoms with Crippen molar-refractivity contribution >= 4 is 56.3 Å². The predicted octanol–water partition coefficient (Wildman–Crippen LogP) is 4.25. The molecule has 1 aliphatic heterocycles. The van der Waals surface area contributed by atoms with Gasteiger partial charge < -0.3 is 10.2 Å². The normalized spacial score (nSPS) is 17.1. The first kappa shape index (κ1) is 17.0. The van der Waals surface area contributed by atoms with Gasteiger partial charge in [-0.3, -0.25) is 9.59 Å². The molecular weight excluding hydrogens is 370 g/mol. The Morgan fingerprint density at radius 3 is 2.92 bits per heavy atom. The highest BCUT2D eigenvalue weighted by atomic mass is 35.5. The van der Waals surface area contributed by atoms with Gasteiger partial charge in [0.25, 0.3) is 0 Å². The monoisotopic (exact) mass is 385 g/mol. The molecule has 0 bridgehead atoms. The highest BCUT2D eigenvalue weighted by Gasteiger charge is 2.35. The molecule has 1 N–H and O–H groups in total. The zero-order valence-corrected chi connectivity index (χ0v) is 15.6. The van der Waals surface area contributed by atoms with Crippen molar-refractivity contribution in [3.05, 3.63) is 52.5 Å². The lowest BCUT2D eigenvalue weighted by atomic mass is 10.1. The highest BCUT2D eigenvalue weighted by molar-refractivity contribution is 7.18. The minimum absolute atomic E-state index is 0.0909. The van der Waals surface area contributed by atoms with Gasteiger partial charge in [0.1, 0.15) is 0 Å². The Morgan fingerprint density at radius 1 is 1.31 bits per heavy atom. The van der Waals surface area contributed by atoms with Gasteiger partial charge in [-0.25, -0.2) is 4.98 Å². The lowest BCUT2D eigenvalue weighted by molar-refractivity contribution is -0.122. The van der Waals surface area contributed by atoms with Crippen LogP contribution < -0.4 is 10.2 Å². The minimum atomic E-state index is -0.405. The van der Waals surface area contributed by atoms with E-state index in [1.807, 2.05) is 37.3 Å². The maximum absolute atomic E-state index is 12.6. The number of halogens is 1. The van der Waals surface area contributed by atoms with Crippen molar-refractivity contribution in [3.8, 4) is 0 Å². The summed E-state index contributed by atoms with van der Waals surface area (Å²) in [4.78, 5) is 31.0. The average molecular weight is 386 g/mol. The summed E-state index contributed by atoms with van der Waals surface area (Å²) < 4.78 is 1.03. The van der Waals surface area contributed by atoms with Crippen LogP contribution in [-0.2, 0) is 9.59 Å². The fourth-order valence-electron chi connectivity index (χ4n) is 3.15. The molecule has 2 amide bonds. The number of anilines is 2. The van der Waals surface area contributed by atoms with Gasteiger partial charge in [-0.15, -0.1) is 11.3 Å². The Kier molecular flexibility index (Phi) is 4.38. The number of amides is 2. The standard InChI is InChI=1S/C19H16ClN3O2S/c1-11-21-15-7-6-13(9-17(15)26-11)22-19(25)12-8-18(24)23(10-12)16-5-3-2-4-14(16)20/h2-7,9,12H,8,10H2,1H3,(H,22,25). The number of hydrogen-bond donors (Lipinski definition) is 1. The first-order chi connectivity index (χ1) is 12.5. The van der Waals surface area contributed by atoms with E-state index in [4.69, 9.17) is 11.6 Å². The van der Waals surface area contributed by atoms with Crippen LogP contribution in [0.1, 0.15) is 11.4 Å². The van der Waals surface area contributed by atoms with Crippen molar-refractivity contribution < 1.29 is 9.59 Å². The Labute approximate surface area is 159 Å². The summed E-state index contributed by atoms with van der Waals surface area (Å²) in [6, 6.07) is 12.8. The Balaban J connectivity index is 1.49. The molecule has 1 saturated heterocycles. The number of fused-ring (bicyclic) bond motifs is 1. The lowest BCUT2D eigenvalue weighted by Gasteiger charge is -2.18.